The second-order valence-electron chi connectivity index (χ2n) is 6.61. The number of hydrogen-bond donors (Lipinski definition) is 0. The van der Waals surface area contributed by atoms with E-state index in [0.717, 1.165) is 0 Å². The minimum absolute atomic E-state index is 0.135. The van der Waals surface area contributed by atoms with Gasteiger partial charge in [-0.2, -0.15) is 0 Å². The van der Waals surface area contributed by atoms with Crippen LogP contribution >= 0.6 is 0 Å². The fraction of sp³-hybridized carbons (Fsp3) is 0.286. The smallest absolute Gasteiger partial charge is 0.330 e. The van der Waals surface area contributed by atoms with E-state index in [4.69, 9.17) is 14.2 Å². The topological polar surface area (TPSA) is 131 Å². The van der Waals surface area contributed by atoms with Crippen molar-refractivity contribution in [1.82, 2.24) is 0 Å². The minimum atomic E-state index is -1.17. The van der Waals surface area contributed by atoms with Gasteiger partial charge in [0.1, 0.15) is 0 Å². The Bertz CT molecular complexity index is 941. The molecular weight excluding hydrogens is 408 g/mol. The van der Waals surface area contributed by atoms with Crippen LogP contribution in [0.2, 0.25) is 0 Å². The number of rotatable bonds is 7. The van der Waals surface area contributed by atoms with Gasteiger partial charge in [0.05, 0.1) is 39.8 Å². The molecule has 0 saturated carbocycles. The van der Waals surface area contributed by atoms with Gasteiger partial charge in [0.15, 0.2) is 6.29 Å². The number of nitro benzene ring substituents is 2. The van der Waals surface area contributed by atoms with Crippen molar-refractivity contribution in [2.75, 3.05) is 6.61 Å². The third kappa shape index (κ3) is 5.30. The van der Waals surface area contributed by atoms with E-state index in [-0.39, 0.29) is 30.0 Å². The fourth-order valence-corrected chi connectivity index (χ4v) is 3.29. The van der Waals surface area contributed by atoms with Crippen molar-refractivity contribution in [3.05, 3.63) is 92.0 Å². The molecule has 10 heteroatoms. The highest BCUT2D eigenvalue weighted by atomic mass is 16.7. The van der Waals surface area contributed by atoms with E-state index in [0.29, 0.717) is 5.56 Å². The van der Waals surface area contributed by atoms with Crippen molar-refractivity contribution < 1.29 is 28.9 Å². The molecule has 0 aliphatic carbocycles. The van der Waals surface area contributed by atoms with Crippen molar-refractivity contribution in [3.63, 3.8) is 0 Å². The second-order valence-corrected chi connectivity index (χ2v) is 6.61. The Morgan fingerprint density at radius 2 is 1.61 bits per heavy atom. The lowest BCUT2D eigenvalue weighted by atomic mass is 9.99. The maximum atomic E-state index is 11.7. The van der Waals surface area contributed by atoms with E-state index in [2.05, 4.69) is 0 Å². The SMILES string of the molecule is CCOC(=O)/C=C/[C@H]1C[C@@H](c2ccccc2[N+](=O)[O-])O[C@@H](c2ccccc2[N+](=O)[O-])O1. The summed E-state index contributed by atoms with van der Waals surface area (Å²) >= 11 is 0. The summed E-state index contributed by atoms with van der Waals surface area (Å²) in [4.78, 5) is 33.6. The molecule has 1 heterocycles. The highest BCUT2D eigenvalue weighted by molar-refractivity contribution is 5.81. The fourth-order valence-electron chi connectivity index (χ4n) is 3.29. The number of esters is 1. The monoisotopic (exact) mass is 428 g/mol. The second kappa shape index (κ2) is 9.92. The standard InChI is InChI=1S/C21H20N2O8/c1-2-29-20(24)12-11-14-13-19(15-7-3-5-9-17(15)22(25)26)31-21(30-14)16-8-4-6-10-18(16)23(27)28/h3-12,14,19,21H,2,13H2,1H3/b12-11+/t14-,19-,21-/m0/s1. The molecular formula is C21H20N2O8. The van der Waals surface area contributed by atoms with E-state index < -0.39 is 34.3 Å². The number of carbonyl (C=O) groups excluding carboxylic acids is 1. The number of nitro groups is 2. The molecule has 0 N–H and O–H groups in total. The Morgan fingerprint density at radius 1 is 1.03 bits per heavy atom. The maximum absolute atomic E-state index is 11.7. The van der Waals surface area contributed by atoms with Crippen molar-refractivity contribution in [2.45, 2.75) is 31.8 Å². The zero-order chi connectivity index (χ0) is 22.4. The summed E-state index contributed by atoms with van der Waals surface area (Å²) in [6.07, 6.45) is 0.163. The van der Waals surface area contributed by atoms with Gasteiger partial charge < -0.3 is 14.2 Å². The van der Waals surface area contributed by atoms with Crippen molar-refractivity contribution >= 4 is 17.3 Å². The molecule has 0 unspecified atom stereocenters. The summed E-state index contributed by atoms with van der Waals surface area (Å²) in [7, 11) is 0. The number of carbonyl (C=O) groups is 1. The Morgan fingerprint density at radius 3 is 2.23 bits per heavy atom. The lowest BCUT2D eigenvalue weighted by molar-refractivity contribution is -0.389. The van der Waals surface area contributed by atoms with Gasteiger partial charge in [-0.1, -0.05) is 24.3 Å². The first-order valence-corrected chi connectivity index (χ1v) is 9.53. The summed E-state index contributed by atoms with van der Waals surface area (Å²) in [6.45, 7) is 1.88. The molecule has 10 nitrogen and oxygen atoms in total. The normalized spacial score (nSPS) is 21.0. The van der Waals surface area contributed by atoms with Gasteiger partial charge in [0.2, 0.25) is 0 Å². The van der Waals surface area contributed by atoms with Crippen LogP contribution < -0.4 is 0 Å². The number of benzene rings is 2. The van der Waals surface area contributed by atoms with E-state index in [1.54, 1.807) is 31.2 Å². The zero-order valence-electron chi connectivity index (χ0n) is 16.6. The molecule has 1 aliphatic heterocycles. The third-order valence-corrected chi connectivity index (χ3v) is 4.63. The highest BCUT2D eigenvalue weighted by Gasteiger charge is 2.36. The quantitative estimate of drug-likeness (QED) is 0.278. The summed E-state index contributed by atoms with van der Waals surface area (Å²) in [6, 6.07) is 12.0. The molecule has 31 heavy (non-hydrogen) atoms. The number of nitrogens with zero attached hydrogens (tertiary/aromatic N) is 2. The first-order chi connectivity index (χ1) is 14.9. The van der Waals surface area contributed by atoms with E-state index in [1.807, 2.05) is 0 Å². The van der Waals surface area contributed by atoms with Crippen LogP contribution in [-0.2, 0) is 19.0 Å². The summed E-state index contributed by atoms with van der Waals surface area (Å²) in [5, 5.41) is 22.9. The molecule has 1 saturated heterocycles. The van der Waals surface area contributed by atoms with Crippen LogP contribution in [0.25, 0.3) is 0 Å². The Hall–Kier alpha value is -3.63. The maximum Gasteiger partial charge on any atom is 0.330 e. The van der Waals surface area contributed by atoms with Gasteiger partial charge in [-0.15, -0.1) is 0 Å². The van der Waals surface area contributed by atoms with Crippen LogP contribution in [0.5, 0.6) is 0 Å². The molecule has 2 aromatic rings. The predicted molar refractivity (Wildman–Crippen MR) is 108 cm³/mol. The van der Waals surface area contributed by atoms with Crippen LogP contribution in [0.4, 0.5) is 11.4 Å². The molecule has 1 fully saturated rings. The largest absolute Gasteiger partial charge is 0.463 e. The first kappa shape index (κ1) is 22.1. The summed E-state index contributed by atoms with van der Waals surface area (Å²) < 4.78 is 16.7. The molecule has 0 radical (unpaired) electrons. The van der Waals surface area contributed by atoms with Gasteiger partial charge in [0.25, 0.3) is 11.4 Å². The van der Waals surface area contributed by atoms with Crippen LogP contribution in [0, 0.1) is 20.2 Å². The molecule has 3 rings (SSSR count). The summed E-state index contributed by atoms with van der Waals surface area (Å²) in [5.41, 5.74) is 0.145. The van der Waals surface area contributed by atoms with E-state index in [1.165, 1.54) is 36.4 Å². The van der Waals surface area contributed by atoms with E-state index >= 15 is 0 Å². The Balaban J connectivity index is 1.98. The molecule has 0 amide bonds. The van der Waals surface area contributed by atoms with Gasteiger partial charge in [0, 0.05) is 24.6 Å². The van der Waals surface area contributed by atoms with Crippen LogP contribution in [0.3, 0.4) is 0 Å². The van der Waals surface area contributed by atoms with E-state index in [9.17, 15) is 25.0 Å². The highest BCUT2D eigenvalue weighted by Crippen LogP contribution is 2.42. The van der Waals surface area contributed by atoms with Crippen LogP contribution in [0.15, 0.2) is 60.7 Å². The number of ether oxygens (including phenoxy) is 3. The van der Waals surface area contributed by atoms with Crippen LogP contribution in [-0.4, -0.2) is 28.5 Å². The van der Waals surface area contributed by atoms with Gasteiger partial charge in [-0.05, 0) is 25.1 Å². The average Bonchev–Trinajstić information content (AvgIpc) is 2.77. The van der Waals surface area contributed by atoms with Gasteiger partial charge >= 0.3 is 5.97 Å². The lowest BCUT2D eigenvalue weighted by Gasteiger charge is -2.34. The molecule has 1 aliphatic rings. The minimum Gasteiger partial charge on any atom is -0.463 e. The average molecular weight is 428 g/mol. The van der Waals surface area contributed by atoms with Gasteiger partial charge in [-0.3, -0.25) is 20.2 Å². The molecule has 3 atom stereocenters. The van der Waals surface area contributed by atoms with Crippen molar-refractivity contribution in [2.24, 2.45) is 0 Å². The van der Waals surface area contributed by atoms with Crippen molar-refractivity contribution in [1.29, 1.82) is 0 Å². The van der Waals surface area contributed by atoms with Crippen molar-refractivity contribution in [3.8, 4) is 0 Å². The summed E-state index contributed by atoms with van der Waals surface area (Å²) in [5.74, 6) is -0.568. The number of para-hydroxylation sites is 2. The molecule has 162 valence electrons. The molecule has 0 aromatic heterocycles. The molecule has 0 bridgehead atoms. The van der Waals surface area contributed by atoms with Gasteiger partial charge in [-0.25, -0.2) is 4.79 Å². The zero-order valence-corrected chi connectivity index (χ0v) is 16.6. The Labute approximate surface area is 177 Å². The van der Waals surface area contributed by atoms with Crippen LogP contribution in [0.1, 0.15) is 36.9 Å². The first-order valence-electron chi connectivity index (χ1n) is 9.53. The molecule has 0 spiro atoms. The molecule has 2 aromatic carbocycles. The Kier molecular flexibility index (Phi) is 7.06. The lowest BCUT2D eigenvalue weighted by Crippen LogP contribution is -2.29. The number of hydrogen-bond acceptors (Lipinski definition) is 8. The third-order valence-electron chi connectivity index (χ3n) is 4.63. The predicted octanol–water partition coefficient (Wildman–Crippen LogP) is 4.17.